The van der Waals surface area contributed by atoms with Gasteiger partial charge in [0.2, 0.25) is 27.7 Å². The Labute approximate surface area is 238 Å². The van der Waals surface area contributed by atoms with Gasteiger partial charge in [-0.15, -0.1) is 10.2 Å². The van der Waals surface area contributed by atoms with E-state index in [9.17, 15) is 21.6 Å². The molecular formula is C23H28ClF3N8O5S. The molecule has 224 valence electrons. The van der Waals surface area contributed by atoms with Crippen molar-refractivity contribution in [3.63, 3.8) is 0 Å². The number of anilines is 1. The predicted molar refractivity (Wildman–Crippen MR) is 140 cm³/mol. The summed E-state index contributed by atoms with van der Waals surface area (Å²) in [4.78, 5) is 16.3. The molecule has 1 aliphatic rings. The lowest BCUT2D eigenvalue weighted by Crippen LogP contribution is -2.33. The van der Waals surface area contributed by atoms with E-state index in [4.69, 9.17) is 25.8 Å². The minimum atomic E-state index is -4.30. The molecule has 0 radical (unpaired) electrons. The Hall–Kier alpha value is -3.31. The van der Waals surface area contributed by atoms with Crippen LogP contribution in [0.25, 0.3) is 5.69 Å². The minimum absolute atomic E-state index is 0.000272. The molecule has 1 fully saturated rings. The lowest BCUT2D eigenvalue weighted by atomic mass is 9.81. The van der Waals surface area contributed by atoms with Crippen LogP contribution in [0.1, 0.15) is 56.3 Å². The Morgan fingerprint density at radius 2 is 1.59 bits per heavy atom. The van der Waals surface area contributed by atoms with Gasteiger partial charge in [0.05, 0.1) is 25.2 Å². The van der Waals surface area contributed by atoms with E-state index in [2.05, 4.69) is 34.9 Å². The highest BCUT2D eigenvalue weighted by Gasteiger charge is 2.43. The molecule has 3 heterocycles. The first-order chi connectivity index (χ1) is 19.4. The molecule has 1 N–H and O–H groups in total. The minimum Gasteiger partial charge on any atom is -0.479 e. The van der Waals surface area contributed by atoms with Crippen LogP contribution in [0.3, 0.4) is 0 Å². The molecule has 0 aliphatic heterocycles. The summed E-state index contributed by atoms with van der Waals surface area (Å²) in [6, 6.07) is 0. The Morgan fingerprint density at radius 3 is 2.10 bits per heavy atom. The number of rotatable bonds is 10. The molecule has 13 nitrogen and oxygen atoms in total. The van der Waals surface area contributed by atoms with Gasteiger partial charge >= 0.3 is 6.18 Å². The number of hydrogen-bond donors (Lipinski definition) is 1. The molecule has 18 heteroatoms. The Bertz CT molecular complexity index is 1430. The fourth-order valence-corrected chi connectivity index (χ4v) is 5.95. The van der Waals surface area contributed by atoms with Gasteiger partial charge < -0.3 is 14.2 Å². The summed E-state index contributed by atoms with van der Waals surface area (Å²) in [5.74, 6) is -1.91. The largest absolute Gasteiger partial charge is 0.479 e. The number of hydrogen-bond acceptors (Lipinski definition) is 11. The van der Waals surface area contributed by atoms with Crippen molar-refractivity contribution in [2.45, 2.75) is 56.1 Å². The summed E-state index contributed by atoms with van der Waals surface area (Å²) >= 11 is 5.86. The standard InChI is InChI=1S/C23H28ClF3N8O5S/c1-12(17(38-2)18-28-9-15(24)10-29-18)41(36,37)34-22-33-32-19(13-5-7-14(8-6-13)23(25,26)27)35(22)16-20(39-3)30-11-31-21(16)40-4/h9-14,17H,5-8H2,1-4H3,(H,33,34)/t12-,13?,14?,17-/m0/s1. The average molecular weight is 621 g/mol. The van der Waals surface area contributed by atoms with Crippen molar-refractivity contribution in [1.29, 1.82) is 0 Å². The first kappa shape index (κ1) is 30.6. The summed E-state index contributed by atoms with van der Waals surface area (Å²) in [7, 11) is -0.295. The predicted octanol–water partition coefficient (Wildman–Crippen LogP) is 3.87. The van der Waals surface area contributed by atoms with Crippen LogP contribution >= 0.6 is 11.6 Å². The summed E-state index contributed by atoms with van der Waals surface area (Å²) < 4.78 is 87.1. The fraction of sp³-hybridized carbons (Fsp3) is 0.565. The SMILES string of the molecule is COc1ncnc(OC)c1-n1c(NS(=O)(=O)[C@@H](C)[C@H](OC)c2ncc(Cl)cn2)nnc1C1CCC(C(F)(F)F)CC1. The second kappa shape index (κ2) is 12.3. The van der Waals surface area contributed by atoms with E-state index in [0.717, 1.165) is 0 Å². The zero-order valence-electron chi connectivity index (χ0n) is 22.5. The van der Waals surface area contributed by atoms with Gasteiger partial charge in [0.15, 0.2) is 11.5 Å². The smallest absolute Gasteiger partial charge is 0.391 e. The number of aromatic nitrogens is 7. The van der Waals surface area contributed by atoms with Crippen LogP contribution in [0.4, 0.5) is 19.1 Å². The van der Waals surface area contributed by atoms with Crippen molar-refractivity contribution in [2.75, 3.05) is 26.1 Å². The van der Waals surface area contributed by atoms with E-state index in [1.807, 2.05) is 0 Å². The average Bonchev–Trinajstić information content (AvgIpc) is 3.35. The maximum Gasteiger partial charge on any atom is 0.391 e. The van der Waals surface area contributed by atoms with Crippen molar-refractivity contribution < 1.29 is 35.8 Å². The third kappa shape index (κ3) is 6.46. The second-order valence-corrected chi connectivity index (χ2v) is 11.8. The van der Waals surface area contributed by atoms with Crippen LogP contribution in [0.2, 0.25) is 5.02 Å². The Morgan fingerprint density at radius 1 is 1.00 bits per heavy atom. The van der Waals surface area contributed by atoms with Gasteiger partial charge in [0.25, 0.3) is 0 Å². The first-order valence-electron chi connectivity index (χ1n) is 12.4. The van der Waals surface area contributed by atoms with Gasteiger partial charge in [-0.1, -0.05) is 11.6 Å². The van der Waals surface area contributed by atoms with Gasteiger partial charge in [-0.2, -0.15) is 23.1 Å². The Balaban J connectivity index is 1.76. The second-order valence-electron chi connectivity index (χ2n) is 9.32. The number of nitrogens with zero attached hydrogens (tertiary/aromatic N) is 7. The van der Waals surface area contributed by atoms with Crippen LogP contribution in [-0.4, -0.2) is 75.9 Å². The maximum absolute atomic E-state index is 13.6. The number of halogens is 4. The zero-order chi connectivity index (χ0) is 29.9. The highest BCUT2D eigenvalue weighted by atomic mass is 35.5. The summed E-state index contributed by atoms with van der Waals surface area (Å²) in [6.45, 7) is 1.39. The fourth-order valence-electron chi connectivity index (χ4n) is 4.72. The molecule has 0 aromatic carbocycles. The van der Waals surface area contributed by atoms with E-state index < -0.39 is 39.4 Å². The zero-order valence-corrected chi connectivity index (χ0v) is 24.0. The molecule has 2 atom stereocenters. The third-order valence-corrected chi connectivity index (χ3v) is 8.80. The summed E-state index contributed by atoms with van der Waals surface area (Å²) in [5.41, 5.74) is 0.0742. The van der Waals surface area contributed by atoms with Crippen molar-refractivity contribution in [3.05, 3.63) is 35.4 Å². The summed E-state index contributed by atoms with van der Waals surface area (Å²) in [5, 5.41) is 7.28. The van der Waals surface area contributed by atoms with Crippen LogP contribution in [0.15, 0.2) is 18.7 Å². The van der Waals surface area contributed by atoms with E-state index in [-0.39, 0.29) is 65.8 Å². The third-order valence-electron chi connectivity index (χ3n) is 6.91. The van der Waals surface area contributed by atoms with Gasteiger partial charge in [-0.05, 0) is 32.6 Å². The maximum atomic E-state index is 13.6. The normalized spacial score (nSPS) is 19.4. The van der Waals surface area contributed by atoms with Gasteiger partial charge in [0, 0.05) is 25.4 Å². The van der Waals surface area contributed by atoms with Crippen LogP contribution < -0.4 is 14.2 Å². The van der Waals surface area contributed by atoms with Crippen LogP contribution in [0, 0.1) is 5.92 Å². The van der Waals surface area contributed by atoms with Gasteiger partial charge in [-0.25, -0.2) is 18.4 Å². The first-order valence-corrected chi connectivity index (χ1v) is 14.3. The molecule has 1 saturated carbocycles. The van der Waals surface area contributed by atoms with Crippen molar-refractivity contribution in [2.24, 2.45) is 5.92 Å². The number of sulfonamides is 1. The number of nitrogens with one attached hydrogen (secondary N) is 1. The number of ether oxygens (including phenoxy) is 3. The molecule has 0 saturated heterocycles. The van der Waals surface area contributed by atoms with Crippen LogP contribution in [0.5, 0.6) is 11.8 Å². The van der Waals surface area contributed by atoms with Crippen molar-refractivity contribution in [3.8, 4) is 17.4 Å². The topological polar surface area (TPSA) is 156 Å². The quantitative estimate of drug-likeness (QED) is 0.351. The Kier molecular flexibility index (Phi) is 9.18. The van der Waals surface area contributed by atoms with Crippen LogP contribution in [-0.2, 0) is 14.8 Å². The van der Waals surface area contributed by atoms with Crippen molar-refractivity contribution in [1.82, 2.24) is 34.7 Å². The number of alkyl halides is 3. The molecule has 3 aromatic rings. The molecule has 3 aromatic heterocycles. The van der Waals surface area contributed by atoms with E-state index in [1.165, 1.54) is 51.5 Å². The highest BCUT2D eigenvalue weighted by molar-refractivity contribution is 7.93. The lowest BCUT2D eigenvalue weighted by Gasteiger charge is -2.29. The molecule has 0 amide bonds. The van der Waals surface area contributed by atoms with Gasteiger partial charge in [-0.3, -0.25) is 9.29 Å². The van der Waals surface area contributed by atoms with Gasteiger partial charge in [0.1, 0.15) is 23.5 Å². The van der Waals surface area contributed by atoms with E-state index in [0.29, 0.717) is 0 Å². The molecule has 0 bridgehead atoms. The van der Waals surface area contributed by atoms with E-state index in [1.54, 1.807) is 0 Å². The van der Waals surface area contributed by atoms with E-state index >= 15 is 0 Å². The summed E-state index contributed by atoms with van der Waals surface area (Å²) in [6.07, 6.45) is -1.54. The molecule has 0 unspecified atom stereocenters. The lowest BCUT2D eigenvalue weighted by molar-refractivity contribution is -0.182. The monoisotopic (exact) mass is 620 g/mol. The number of methoxy groups -OCH3 is 3. The molecular weight excluding hydrogens is 593 g/mol. The highest BCUT2D eigenvalue weighted by Crippen LogP contribution is 2.44. The molecule has 41 heavy (non-hydrogen) atoms. The molecule has 0 spiro atoms. The molecule has 4 rings (SSSR count). The van der Waals surface area contributed by atoms with Crippen molar-refractivity contribution >= 4 is 27.6 Å². The molecule has 1 aliphatic carbocycles.